The lowest BCUT2D eigenvalue weighted by atomic mass is 10.3. The average molecular weight is 551 g/mol. The van der Waals surface area contributed by atoms with Gasteiger partial charge in [-0.05, 0) is 86.6 Å². The van der Waals surface area contributed by atoms with E-state index in [9.17, 15) is 9.59 Å². The highest BCUT2D eigenvalue weighted by Crippen LogP contribution is 2.33. The zero-order valence-corrected chi connectivity index (χ0v) is 23.0. The van der Waals surface area contributed by atoms with Crippen molar-refractivity contribution in [3.05, 3.63) is 98.1 Å². The zero-order chi connectivity index (χ0) is 27.3. The van der Waals surface area contributed by atoms with E-state index in [0.717, 1.165) is 31.7 Å². The Morgan fingerprint density at radius 2 is 0.921 bits per heavy atom. The molecule has 0 radical (unpaired) electrons. The minimum Gasteiger partial charge on any atom is -0.490 e. The SMILES string of the molecule is C=CC(=O)OC(C)COc1ccc(Sc2ccc(Sc3ccc(OCC(C)OC(=O)C=C)cc3)cc2)cc1. The Kier molecular flexibility index (Phi) is 11.4. The Balaban J connectivity index is 1.45. The average Bonchev–Trinajstić information content (AvgIpc) is 2.93. The van der Waals surface area contributed by atoms with Crippen LogP contribution in [0.5, 0.6) is 11.5 Å². The molecule has 0 heterocycles. The molecule has 0 saturated carbocycles. The Hall–Kier alpha value is -3.62. The van der Waals surface area contributed by atoms with E-state index in [-0.39, 0.29) is 25.4 Å². The van der Waals surface area contributed by atoms with Gasteiger partial charge < -0.3 is 18.9 Å². The fourth-order valence-electron chi connectivity index (χ4n) is 3.04. The maximum atomic E-state index is 11.2. The van der Waals surface area contributed by atoms with Crippen LogP contribution in [0, 0.1) is 0 Å². The van der Waals surface area contributed by atoms with Gasteiger partial charge in [-0.1, -0.05) is 36.7 Å². The molecule has 38 heavy (non-hydrogen) atoms. The van der Waals surface area contributed by atoms with Crippen molar-refractivity contribution >= 4 is 35.5 Å². The van der Waals surface area contributed by atoms with Crippen LogP contribution < -0.4 is 9.47 Å². The number of ether oxygens (including phenoxy) is 4. The van der Waals surface area contributed by atoms with E-state index >= 15 is 0 Å². The van der Waals surface area contributed by atoms with Crippen LogP contribution in [0.3, 0.4) is 0 Å². The summed E-state index contributed by atoms with van der Waals surface area (Å²) in [7, 11) is 0. The van der Waals surface area contributed by atoms with Gasteiger partial charge in [-0.3, -0.25) is 0 Å². The van der Waals surface area contributed by atoms with Gasteiger partial charge in [0.2, 0.25) is 0 Å². The number of carbonyl (C=O) groups is 2. The fourth-order valence-corrected chi connectivity index (χ4v) is 4.68. The first-order valence-electron chi connectivity index (χ1n) is 11.9. The molecule has 3 aromatic rings. The van der Waals surface area contributed by atoms with Gasteiger partial charge >= 0.3 is 11.9 Å². The van der Waals surface area contributed by atoms with E-state index in [2.05, 4.69) is 37.4 Å². The maximum Gasteiger partial charge on any atom is 0.330 e. The largest absolute Gasteiger partial charge is 0.490 e. The molecule has 0 aliphatic heterocycles. The summed E-state index contributed by atoms with van der Waals surface area (Å²) in [6.07, 6.45) is 1.55. The van der Waals surface area contributed by atoms with Gasteiger partial charge in [0.25, 0.3) is 0 Å². The minimum absolute atomic E-state index is 0.271. The van der Waals surface area contributed by atoms with Gasteiger partial charge in [-0.15, -0.1) is 0 Å². The maximum absolute atomic E-state index is 11.2. The molecule has 3 aromatic carbocycles. The molecule has 3 rings (SSSR count). The summed E-state index contributed by atoms with van der Waals surface area (Å²) in [5.41, 5.74) is 0. The molecular formula is C30H30O6S2. The number of carbonyl (C=O) groups excluding carboxylic acids is 2. The van der Waals surface area contributed by atoms with Crippen molar-refractivity contribution in [2.75, 3.05) is 13.2 Å². The first-order valence-corrected chi connectivity index (χ1v) is 13.6. The fraction of sp³-hybridized carbons (Fsp3) is 0.200. The van der Waals surface area contributed by atoms with Crippen molar-refractivity contribution in [2.45, 2.75) is 45.6 Å². The summed E-state index contributed by atoms with van der Waals surface area (Å²) in [6.45, 7) is 10.9. The molecule has 0 spiro atoms. The molecule has 198 valence electrons. The lowest BCUT2D eigenvalue weighted by Crippen LogP contribution is -2.20. The van der Waals surface area contributed by atoms with Crippen LogP contribution >= 0.6 is 23.5 Å². The summed E-state index contributed by atoms with van der Waals surface area (Å²) in [5.74, 6) is 0.503. The molecule has 0 aromatic heterocycles. The third kappa shape index (κ3) is 10.0. The zero-order valence-electron chi connectivity index (χ0n) is 21.3. The summed E-state index contributed by atoms with van der Waals surface area (Å²) in [6, 6.07) is 24.0. The Bertz CT molecular complexity index is 1110. The van der Waals surface area contributed by atoms with Gasteiger partial charge in [0, 0.05) is 31.7 Å². The van der Waals surface area contributed by atoms with Crippen LogP contribution in [-0.2, 0) is 19.1 Å². The van der Waals surface area contributed by atoms with Crippen molar-refractivity contribution < 1.29 is 28.5 Å². The smallest absolute Gasteiger partial charge is 0.330 e. The second kappa shape index (κ2) is 15.0. The standard InChI is InChI=1S/C30H30O6S2/c1-5-29(31)35-21(3)19-33-23-7-11-25(12-8-23)37-27-15-17-28(18-16-27)38-26-13-9-24(10-14-26)34-20-22(4)36-30(32)6-2/h5-18,21-22H,1-2,19-20H2,3-4H3. The van der Waals surface area contributed by atoms with Crippen LogP contribution in [0.15, 0.2) is 118 Å². The molecule has 0 fully saturated rings. The molecule has 6 nitrogen and oxygen atoms in total. The van der Waals surface area contributed by atoms with E-state index in [1.54, 1.807) is 37.4 Å². The van der Waals surface area contributed by atoms with Gasteiger partial charge in [0.1, 0.15) is 36.9 Å². The normalized spacial score (nSPS) is 12.1. The van der Waals surface area contributed by atoms with Crippen molar-refractivity contribution in [1.29, 1.82) is 0 Å². The number of benzene rings is 3. The Morgan fingerprint density at radius 3 is 1.21 bits per heavy atom. The summed E-state index contributed by atoms with van der Waals surface area (Å²) < 4.78 is 21.6. The number of hydrogen-bond acceptors (Lipinski definition) is 8. The first kappa shape index (κ1) is 28.9. The van der Waals surface area contributed by atoms with E-state index in [1.807, 2.05) is 48.5 Å². The van der Waals surface area contributed by atoms with Crippen molar-refractivity contribution in [2.24, 2.45) is 0 Å². The lowest BCUT2D eigenvalue weighted by molar-refractivity contribution is -0.144. The van der Waals surface area contributed by atoms with Crippen molar-refractivity contribution in [3.8, 4) is 11.5 Å². The molecule has 0 bridgehead atoms. The second-order valence-corrected chi connectivity index (χ2v) is 10.4. The number of esters is 2. The van der Waals surface area contributed by atoms with Gasteiger partial charge in [-0.2, -0.15) is 0 Å². The van der Waals surface area contributed by atoms with Crippen LogP contribution in [0.2, 0.25) is 0 Å². The summed E-state index contributed by atoms with van der Waals surface area (Å²) in [5, 5.41) is 0. The van der Waals surface area contributed by atoms with Crippen molar-refractivity contribution in [3.63, 3.8) is 0 Å². The van der Waals surface area contributed by atoms with Crippen LogP contribution in [0.4, 0.5) is 0 Å². The predicted octanol–water partition coefficient (Wildman–Crippen LogP) is 6.98. The van der Waals surface area contributed by atoms with Gasteiger partial charge in [0.15, 0.2) is 0 Å². The molecule has 8 heteroatoms. The van der Waals surface area contributed by atoms with Crippen LogP contribution in [-0.4, -0.2) is 37.4 Å². The molecule has 2 unspecified atom stereocenters. The van der Waals surface area contributed by atoms with E-state index in [4.69, 9.17) is 18.9 Å². The third-order valence-corrected chi connectivity index (χ3v) is 6.91. The number of rotatable bonds is 14. The topological polar surface area (TPSA) is 71.1 Å². The monoisotopic (exact) mass is 550 g/mol. The minimum atomic E-state index is -0.461. The molecule has 0 amide bonds. The molecule has 2 atom stereocenters. The number of hydrogen-bond donors (Lipinski definition) is 0. The van der Waals surface area contributed by atoms with E-state index in [1.165, 1.54) is 0 Å². The Morgan fingerprint density at radius 1 is 0.632 bits per heavy atom. The summed E-state index contributed by atoms with van der Waals surface area (Å²) >= 11 is 3.33. The highest BCUT2D eigenvalue weighted by atomic mass is 32.2. The first-order chi connectivity index (χ1) is 18.3. The molecule has 0 N–H and O–H groups in total. The highest BCUT2D eigenvalue weighted by molar-refractivity contribution is 7.99. The quantitative estimate of drug-likeness (QED) is 0.157. The van der Waals surface area contributed by atoms with Gasteiger partial charge in [0.05, 0.1) is 0 Å². The van der Waals surface area contributed by atoms with E-state index in [0.29, 0.717) is 11.5 Å². The second-order valence-electron chi connectivity index (χ2n) is 8.14. The molecule has 0 aliphatic carbocycles. The highest BCUT2D eigenvalue weighted by Gasteiger charge is 2.09. The van der Waals surface area contributed by atoms with E-state index < -0.39 is 11.9 Å². The van der Waals surface area contributed by atoms with Gasteiger partial charge in [-0.25, -0.2) is 9.59 Å². The summed E-state index contributed by atoms with van der Waals surface area (Å²) in [4.78, 5) is 26.9. The molecular weight excluding hydrogens is 520 g/mol. The van der Waals surface area contributed by atoms with Crippen LogP contribution in [0.25, 0.3) is 0 Å². The third-order valence-electron chi connectivity index (χ3n) is 4.88. The molecule has 0 saturated heterocycles. The van der Waals surface area contributed by atoms with Crippen molar-refractivity contribution in [1.82, 2.24) is 0 Å². The lowest BCUT2D eigenvalue weighted by Gasteiger charge is -2.13. The predicted molar refractivity (Wildman–Crippen MR) is 150 cm³/mol. The Labute approximate surface area is 232 Å². The van der Waals surface area contributed by atoms with Crippen LogP contribution in [0.1, 0.15) is 13.8 Å². The molecule has 0 aliphatic rings.